The molecule has 0 spiro atoms. The van der Waals surface area contributed by atoms with Crippen molar-refractivity contribution < 1.29 is 0 Å². The summed E-state index contributed by atoms with van der Waals surface area (Å²) in [4.78, 5) is 0. The van der Waals surface area contributed by atoms with Gasteiger partial charge in [0.25, 0.3) is 0 Å². The quantitative estimate of drug-likeness (QED) is 0.746. The van der Waals surface area contributed by atoms with Crippen LogP contribution in [0.4, 0.5) is 0 Å². The minimum Gasteiger partial charge on any atom is -0.313 e. The molecule has 0 aromatic rings. The van der Waals surface area contributed by atoms with Crippen molar-refractivity contribution in [3.63, 3.8) is 0 Å². The molecule has 88 valence electrons. The minimum atomic E-state index is 0.727. The molecule has 0 radical (unpaired) electrons. The fourth-order valence-corrected chi connectivity index (χ4v) is 3.08. The van der Waals surface area contributed by atoms with E-state index in [1.54, 1.807) is 0 Å². The van der Waals surface area contributed by atoms with Gasteiger partial charge in [0.2, 0.25) is 0 Å². The van der Waals surface area contributed by atoms with Gasteiger partial charge in [-0.2, -0.15) is 0 Å². The second kappa shape index (κ2) is 5.31. The highest BCUT2D eigenvalue weighted by molar-refractivity contribution is 4.83. The first-order valence-electron chi connectivity index (χ1n) is 6.71. The second-order valence-electron chi connectivity index (χ2n) is 5.80. The molecule has 2 fully saturated rings. The predicted octanol–water partition coefficient (Wildman–Crippen LogP) is 2.15. The third-order valence-corrected chi connectivity index (χ3v) is 4.10. The van der Waals surface area contributed by atoms with Gasteiger partial charge in [-0.25, -0.2) is 0 Å². The third kappa shape index (κ3) is 3.46. The summed E-state index contributed by atoms with van der Waals surface area (Å²) in [5.74, 6) is 1.86. The molecule has 1 saturated carbocycles. The summed E-state index contributed by atoms with van der Waals surface area (Å²) >= 11 is 0. The van der Waals surface area contributed by atoms with Crippen LogP contribution in [-0.2, 0) is 0 Å². The van der Waals surface area contributed by atoms with Crippen molar-refractivity contribution in [1.82, 2.24) is 10.6 Å². The summed E-state index contributed by atoms with van der Waals surface area (Å²) in [6.07, 6.45) is 6.92. The van der Waals surface area contributed by atoms with Crippen LogP contribution in [0.2, 0.25) is 0 Å². The molecule has 1 heterocycles. The highest BCUT2D eigenvalue weighted by Gasteiger charge is 2.23. The van der Waals surface area contributed by atoms with Gasteiger partial charge in [0, 0.05) is 18.6 Å². The highest BCUT2D eigenvalue weighted by Crippen LogP contribution is 2.24. The molecule has 2 aliphatic rings. The van der Waals surface area contributed by atoms with E-state index in [1.165, 1.54) is 45.2 Å². The molecule has 0 aromatic carbocycles. The smallest absolute Gasteiger partial charge is 0.0195 e. The van der Waals surface area contributed by atoms with Crippen molar-refractivity contribution in [2.24, 2.45) is 11.8 Å². The summed E-state index contributed by atoms with van der Waals surface area (Å²) in [5.41, 5.74) is 0. The standard InChI is InChI=1S/C13H26N2/c1-10-3-4-12(7-10)15-9-13-8-11(2)5-6-14-13/h10-15H,3-9H2,1-2H3. The van der Waals surface area contributed by atoms with Crippen LogP contribution in [0, 0.1) is 11.8 Å². The number of hydrogen-bond acceptors (Lipinski definition) is 2. The molecule has 0 amide bonds. The first kappa shape index (κ1) is 11.4. The number of hydrogen-bond donors (Lipinski definition) is 2. The Labute approximate surface area is 94.2 Å². The summed E-state index contributed by atoms with van der Waals surface area (Å²) in [7, 11) is 0. The molecule has 2 nitrogen and oxygen atoms in total. The molecule has 1 aliphatic carbocycles. The Hall–Kier alpha value is -0.0800. The van der Waals surface area contributed by atoms with Crippen molar-refractivity contribution in [2.45, 2.75) is 58.0 Å². The molecule has 4 atom stereocenters. The van der Waals surface area contributed by atoms with Gasteiger partial charge in [-0.1, -0.05) is 13.8 Å². The van der Waals surface area contributed by atoms with Crippen LogP contribution in [-0.4, -0.2) is 25.2 Å². The monoisotopic (exact) mass is 210 g/mol. The first-order valence-corrected chi connectivity index (χ1v) is 6.71. The zero-order valence-corrected chi connectivity index (χ0v) is 10.3. The maximum absolute atomic E-state index is 3.74. The average molecular weight is 210 g/mol. The SMILES string of the molecule is CC1CCC(NCC2CC(C)CCN2)C1. The fourth-order valence-electron chi connectivity index (χ4n) is 3.08. The summed E-state index contributed by atoms with van der Waals surface area (Å²) in [5, 5.41) is 7.36. The number of rotatable bonds is 3. The Morgan fingerprint density at radius 1 is 1.07 bits per heavy atom. The van der Waals surface area contributed by atoms with E-state index < -0.39 is 0 Å². The zero-order chi connectivity index (χ0) is 10.7. The summed E-state index contributed by atoms with van der Waals surface area (Å²) in [6, 6.07) is 1.53. The van der Waals surface area contributed by atoms with Crippen LogP contribution >= 0.6 is 0 Å². The number of piperidine rings is 1. The molecule has 1 saturated heterocycles. The van der Waals surface area contributed by atoms with Gasteiger partial charge in [-0.15, -0.1) is 0 Å². The highest BCUT2D eigenvalue weighted by atomic mass is 15.0. The molecular weight excluding hydrogens is 184 g/mol. The Morgan fingerprint density at radius 2 is 1.87 bits per heavy atom. The maximum atomic E-state index is 3.74. The predicted molar refractivity (Wildman–Crippen MR) is 65.0 cm³/mol. The molecule has 2 rings (SSSR count). The van der Waals surface area contributed by atoms with E-state index in [-0.39, 0.29) is 0 Å². The van der Waals surface area contributed by atoms with E-state index in [0.29, 0.717) is 0 Å². The van der Waals surface area contributed by atoms with Crippen LogP contribution in [0.25, 0.3) is 0 Å². The van der Waals surface area contributed by atoms with Crippen molar-refractivity contribution in [1.29, 1.82) is 0 Å². The Balaban J connectivity index is 1.64. The largest absolute Gasteiger partial charge is 0.313 e. The number of nitrogens with one attached hydrogen (secondary N) is 2. The van der Waals surface area contributed by atoms with Crippen molar-refractivity contribution >= 4 is 0 Å². The zero-order valence-electron chi connectivity index (χ0n) is 10.3. The summed E-state index contributed by atoms with van der Waals surface area (Å²) in [6.45, 7) is 7.16. The van der Waals surface area contributed by atoms with Crippen LogP contribution in [0.3, 0.4) is 0 Å². The van der Waals surface area contributed by atoms with Crippen LogP contribution < -0.4 is 10.6 Å². The van der Waals surface area contributed by atoms with E-state index in [4.69, 9.17) is 0 Å². The van der Waals surface area contributed by atoms with Crippen molar-refractivity contribution in [2.75, 3.05) is 13.1 Å². The molecule has 0 bridgehead atoms. The van der Waals surface area contributed by atoms with Crippen LogP contribution in [0.5, 0.6) is 0 Å². The van der Waals surface area contributed by atoms with E-state index in [2.05, 4.69) is 24.5 Å². The lowest BCUT2D eigenvalue weighted by molar-refractivity contribution is 0.302. The van der Waals surface area contributed by atoms with E-state index in [9.17, 15) is 0 Å². The Kier molecular flexibility index (Phi) is 4.04. The van der Waals surface area contributed by atoms with Gasteiger partial charge < -0.3 is 10.6 Å². The van der Waals surface area contributed by atoms with Gasteiger partial charge in [-0.05, 0) is 50.5 Å². The molecule has 0 aromatic heterocycles. The first-order chi connectivity index (χ1) is 7.24. The lowest BCUT2D eigenvalue weighted by Gasteiger charge is -2.29. The lowest BCUT2D eigenvalue weighted by Crippen LogP contribution is -2.46. The molecule has 2 heteroatoms. The Bertz CT molecular complexity index is 193. The van der Waals surface area contributed by atoms with Gasteiger partial charge in [0.15, 0.2) is 0 Å². The fraction of sp³-hybridized carbons (Fsp3) is 1.00. The second-order valence-corrected chi connectivity index (χ2v) is 5.80. The Morgan fingerprint density at radius 3 is 2.53 bits per heavy atom. The van der Waals surface area contributed by atoms with Crippen molar-refractivity contribution in [3.8, 4) is 0 Å². The van der Waals surface area contributed by atoms with Gasteiger partial charge in [0.1, 0.15) is 0 Å². The van der Waals surface area contributed by atoms with E-state index in [0.717, 1.165) is 23.9 Å². The average Bonchev–Trinajstić information content (AvgIpc) is 2.62. The molecule has 4 unspecified atom stereocenters. The lowest BCUT2D eigenvalue weighted by atomic mass is 9.94. The summed E-state index contributed by atoms with van der Waals surface area (Å²) < 4.78 is 0. The minimum absolute atomic E-state index is 0.727. The van der Waals surface area contributed by atoms with E-state index >= 15 is 0 Å². The van der Waals surface area contributed by atoms with Crippen LogP contribution in [0.1, 0.15) is 46.0 Å². The molecular formula is C13H26N2. The third-order valence-electron chi connectivity index (χ3n) is 4.10. The van der Waals surface area contributed by atoms with Gasteiger partial charge in [0.05, 0.1) is 0 Å². The normalized spacial score (nSPS) is 42.0. The maximum Gasteiger partial charge on any atom is 0.0195 e. The van der Waals surface area contributed by atoms with Gasteiger partial charge in [-0.3, -0.25) is 0 Å². The van der Waals surface area contributed by atoms with Crippen LogP contribution in [0.15, 0.2) is 0 Å². The van der Waals surface area contributed by atoms with Crippen molar-refractivity contribution in [3.05, 3.63) is 0 Å². The topological polar surface area (TPSA) is 24.1 Å². The van der Waals surface area contributed by atoms with E-state index in [1.807, 2.05) is 0 Å². The van der Waals surface area contributed by atoms with Gasteiger partial charge >= 0.3 is 0 Å². The molecule has 15 heavy (non-hydrogen) atoms. The molecule has 1 aliphatic heterocycles. The molecule has 2 N–H and O–H groups in total.